The molecule has 0 bridgehead atoms. The van der Waals surface area contributed by atoms with Crippen molar-refractivity contribution in [1.82, 2.24) is 14.8 Å². The van der Waals surface area contributed by atoms with Crippen molar-refractivity contribution in [1.29, 1.82) is 0 Å². The van der Waals surface area contributed by atoms with E-state index in [0.29, 0.717) is 16.7 Å². The number of halogens is 1. The van der Waals surface area contributed by atoms with Gasteiger partial charge in [-0.1, -0.05) is 23.7 Å². The first-order chi connectivity index (χ1) is 8.15. The molecule has 0 unspecified atom stereocenters. The van der Waals surface area contributed by atoms with Crippen LogP contribution in [0.2, 0.25) is 5.02 Å². The lowest BCUT2D eigenvalue weighted by Crippen LogP contribution is -2.08. The Morgan fingerprint density at radius 3 is 2.59 bits per heavy atom. The fourth-order valence-corrected chi connectivity index (χ4v) is 2.02. The van der Waals surface area contributed by atoms with Crippen molar-refractivity contribution in [3.05, 3.63) is 35.1 Å². The molecule has 1 heterocycles. The van der Waals surface area contributed by atoms with E-state index in [1.54, 1.807) is 0 Å². The number of benzene rings is 1. The summed E-state index contributed by atoms with van der Waals surface area (Å²) in [5, 5.41) is 18.0. The lowest BCUT2D eigenvalue weighted by Gasteiger charge is -2.13. The molecule has 0 aliphatic heterocycles. The van der Waals surface area contributed by atoms with Crippen LogP contribution in [0.5, 0.6) is 0 Å². The van der Waals surface area contributed by atoms with E-state index in [4.69, 9.17) is 11.6 Å². The molecule has 0 saturated carbocycles. The largest absolute Gasteiger partial charge is 0.388 e. The van der Waals surface area contributed by atoms with E-state index in [9.17, 15) is 5.11 Å². The smallest absolute Gasteiger partial charge is 0.165 e. The normalized spacial score (nSPS) is 11.1. The molecule has 0 saturated heterocycles. The van der Waals surface area contributed by atoms with Gasteiger partial charge in [0.05, 0.1) is 5.02 Å². The highest BCUT2D eigenvalue weighted by molar-refractivity contribution is 6.33. The fourth-order valence-electron chi connectivity index (χ4n) is 1.80. The molecule has 1 aromatic carbocycles. The average Bonchev–Trinajstić information content (AvgIpc) is 2.73. The summed E-state index contributed by atoms with van der Waals surface area (Å²) >= 11 is 6.14. The average molecular weight is 252 g/mol. The summed E-state index contributed by atoms with van der Waals surface area (Å²) in [6, 6.07) is 7.65. The Morgan fingerprint density at radius 1 is 1.29 bits per heavy atom. The molecule has 17 heavy (non-hydrogen) atoms. The Labute approximate surface area is 105 Å². The molecule has 0 aliphatic carbocycles. The molecule has 4 nitrogen and oxygen atoms in total. The standard InChI is InChI=1S/C12H14ClN3O/c1-8(2)16-11(7-17)14-15-12(16)9-5-3-4-6-10(9)13/h3-6,8,17H,7H2,1-2H3. The summed E-state index contributed by atoms with van der Waals surface area (Å²) in [6.07, 6.45) is 0. The highest BCUT2D eigenvalue weighted by Gasteiger charge is 2.17. The first kappa shape index (κ1) is 12.1. The summed E-state index contributed by atoms with van der Waals surface area (Å²) in [6.45, 7) is 3.90. The third-order valence-corrected chi connectivity index (χ3v) is 2.87. The van der Waals surface area contributed by atoms with Gasteiger partial charge < -0.3 is 9.67 Å². The molecule has 2 aromatic rings. The van der Waals surface area contributed by atoms with Crippen LogP contribution in [0, 0.1) is 0 Å². The van der Waals surface area contributed by atoms with E-state index < -0.39 is 0 Å². The second-order valence-corrected chi connectivity index (χ2v) is 4.45. The van der Waals surface area contributed by atoms with E-state index in [1.165, 1.54) is 0 Å². The Kier molecular flexibility index (Phi) is 3.45. The van der Waals surface area contributed by atoms with E-state index in [2.05, 4.69) is 10.2 Å². The molecule has 0 amide bonds. The SMILES string of the molecule is CC(C)n1c(CO)nnc1-c1ccccc1Cl. The number of hydrogen-bond acceptors (Lipinski definition) is 3. The van der Waals surface area contributed by atoms with Crippen LogP contribution in [0.25, 0.3) is 11.4 Å². The minimum Gasteiger partial charge on any atom is -0.388 e. The maximum atomic E-state index is 9.24. The zero-order chi connectivity index (χ0) is 12.4. The molecule has 5 heteroatoms. The van der Waals surface area contributed by atoms with Crippen molar-refractivity contribution in [3.8, 4) is 11.4 Å². The summed E-state index contributed by atoms with van der Waals surface area (Å²) in [5.74, 6) is 1.24. The maximum absolute atomic E-state index is 9.24. The van der Waals surface area contributed by atoms with Gasteiger partial charge in [-0.25, -0.2) is 0 Å². The number of hydrogen-bond donors (Lipinski definition) is 1. The van der Waals surface area contributed by atoms with E-state index in [-0.39, 0.29) is 12.6 Å². The minimum atomic E-state index is -0.129. The van der Waals surface area contributed by atoms with Crippen molar-refractivity contribution in [3.63, 3.8) is 0 Å². The molecule has 2 rings (SSSR count). The van der Waals surface area contributed by atoms with Gasteiger partial charge in [-0.05, 0) is 26.0 Å². The van der Waals surface area contributed by atoms with Crippen LogP contribution in [-0.4, -0.2) is 19.9 Å². The van der Waals surface area contributed by atoms with Crippen LogP contribution in [0.3, 0.4) is 0 Å². The van der Waals surface area contributed by atoms with Crippen molar-refractivity contribution in [2.24, 2.45) is 0 Å². The van der Waals surface area contributed by atoms with Gasteiger partial charge in [0.15, 0.2) is 11.6 Å². The molecule has 0 aliphatic rings. The molecule has 0 spiro atoms. The summed E-state index contributed by atoms with van der Waals surface area (Å²) in [5.41, 5.74) is 0.829. The van der Waals surface area contributed by atoms with Crippen molar-refractivity contribution in [2.45, 2.75) is 26.5 Å². The first-order valence-corrected chi connectivity index (χ1v) is 5.82. The Hall–Kier alpha value is -1.39. The Balaban J connectivity index is 2.60. The summed E-state index contributed by atoms with van der Waals surface area (Å²) < 4.78 is 1.89. The van der Waals surface area contributed by atoms with Crippen molar-refractivity contribution < 1.29 is 5.11 Å². The van der Waals surface area contributed by atoms with Crippen LogP contribution in [0.4, 0.5) is 0 Å². The van der Waals surface area contributed by atoms with E-state index in [0.717, 1.165) is 5.56 Å². The van der Waals surface area contributed by atoms with Gasteiger partial charge in [-0.3, -0.25) is 0 Å². The van der Waals surface area contributed by atoms with Gasteiger partial charge in [0.2, 0.25) is 0 Å². The predicted octanol–water partition coefficient (Wildman–Crippen LogP) is 2.67. The molecule has 1 aromatic heterocycles. The van der Waals surface area contributed by atoms with E-state index >= 15 is 0 Å². The molecular formula is C12H14ClN3O. The summed E-state index contributed by atoms with van der Waals surface area (Å²) in [7, 11) is 0. The second-order valence-electron chi connectivity index (χ2n) is 4.04. The number of aromatic nitrogens is 3. The third-order valence-electron chi connectivity index (χ3n) is 2.54. The Morgan fingerprint density at radius 2 is 2.00 bits per heavy atom. The van der Waals surface area contributed by atoms with Crippen molar-refractivity contribution >= 4 is 11.6 Å². The highest BCUT2D eigenvalue weighted by atomic mass is 35.5. The second kappa shape index (κ2) is 4.85. The zero-order valence-corrected chi connectivity index (χ0v) is 10.5. The van der Waals surface area contributed by atoms with Crippen molar-refractivity contribution in [2.75, 3.05) is 0 Å². The van der Waals surface area contributed by atoms with Crippen LogP contribution < -0.4 is 0 Å². The molecular weight excluding hydrogens is 238 g/mol. The van der Waals surface area contributed by atoms with Gasteiger partial charge in [-0.2, -0.15) is 0 Å². The first-order valence-electron chi connectivity index (χ1n) is 5.44. The highest BCUT2D eigenvalue weighted by Crippen LogP contribution is 2.28. The van der Waals surface area contributed by atoms with Crippen LogP contribution in [0.1, 0.15) is 25.7 Å². The third kappa shape index (κ3) is 2.18. The number of aliphatic hydroxyl groups excluding tert-OH is 1. The summed E-state index contributed by atoms with van der Waals surface area (Å²) in [4.78, 5) is 0. The Bertz CT molecular complexity index is 522. The molecule has 0 fully saturated rings. The van der Waals surface area contributed by atoms with Gasteiger partial charge in [0.1, 0.15) is 6.61 Å². The van der Waals surface area contributed by atoms with Crippen LogP contribution in [0.15, 0.2) is 24.3 Å². The predicted molar refractivity (Wildman–Crippen MR) is 66.8 cm³/mol. The van der Waals surface area contributed by atoms with E-state index in [1.807, 2.05) is 42.7 Å². The van der Waals surface area contributed by atoms with Gasteiger partial charge in [0, 0.05) is 11.6 Å². The van der Waals surface area contributed by atoms with Crippen LogP contribution >= 0.6 is 11.6 Å². The lowest BCUT2D eigenvalue weighted by atomic mass is 10.2. The number of aliphatic hydroxyl groups is 1. The lowest BCUT2D eigenvalue weighted by molar-refractivity contribution is 0.262. The van der Waals surface area contributed by atoms with Gasteiger partial charge in [0.25, 0.3) is 0 Å². The fraction of sp³-hybridized carbons (Fsp3) is 0.333. The van der Waals surface area contributed by atoms with Crippen LogP contribution in [-0.2, 0) is 6.61 Å². The molecule has 0 atom stereocenters. The zero-order valence-electron chi connectivity index (χ0n) is 9.76. The van der Waals surface area contributed by atoms with Gasteiger partial charge in [-0.15, -0.1) is 10.2 Å². The number of rotatable bonds is 3. The molecule has 0 radical (unpaired) electrons. The van der Waals surface area contributed by atoms with Gasteiger partial charge >= 0.3 is 0 Å². The maximum Gasteiger partial charge on any atom is 0.165 e. The topological polar surface area (TPSA) is 50.9 Å². The molecule has 90 valence electrons. The minimum absolute atomic E-state index is 0.129. The monoisotopic (exact) mass is 251 g/mol. The quantitative estimate of drug-likeness (QED) is 0.913. The number of nitrogens with zero attached hydrogens (tertiary/aromatic N) is 3. The molecule has 1 N–H and O–H groups in total.